The van der Waals surface area contributed by atoms with Crippen LogP contribution in [0.3, 0.4) is 0 Å². The normalized spacial score (nSPS) is 17.8. The monoisotopic (exact) mass is 375 g/mol. The average Bonchev–Trinajstić information content (AvgIpc) is 3.04. The van der Waals surface area contributed by atoms with E-state index in [-0.39, 0.29) is 18.2 Å². The lowest BCUT2D eigenvalue weighted by Gasteiger charge is -2.23. The predicted octanol–water partition coefficient (Wildman–Crippen LogP) is 4.48. The van der Waals surface area contributed by atoms with Gasteiger partial charge in [-0.05, 0) is 42.7 Å². The predicted molar refractivity (Wildman–Crippen MR) is 100 cm³/mol. The maximum absolute atomic E-state index is 12.3. The van der Waals surface area contributed by atoms with Crippen LogP contribution in [-0.4, -0.2) is 37.8 Å². The topological polar surface area (TPSA) is 48.0 Å². The maximum Gasteiger partial charge on any atom is 0.410 e. The van der Waals surface area contributed by atoms with Crippen LogP contribution in [0.2, 0.25) is 5.02 Å². The van der Waals surface area contributed by atoms with Crippen LogP contribution in [0.1, 0.15) is 24.2 Å². The summed E-state index contributed by atoms with van der Waals surface area (Å²) in [5.74, 6) is 1.49. The van der Waals surface area contributed by atoms with E-state index in [0.717, 1.165) is 22.6 Å². The van der Waals surface area contributed by atoms with Gasteiger partial charge in [0, 0.05) is 17.1 Å². The summed E-state index contributed by atoms with van der Waals surface area (Å²) in [5.41, 5.74) is 1.96. The summed E-state index contributed by atoms with van der Waals surface area (Å²) in [4.78, 5) is 14.1. The second kappa shape index (κ2) is 7.87. The van der Waals surface area contributed by atoms with Gasteiger partial charge < -0.3 is 19.1 Å². The number of rotatable bonds is 6. The summed E-state index contributed by atoms with van der Waals surface area (Å²) in [6.07, 6.45) is 0.0835. The number of hydrogen-bond acceptors (Lipinski definition) is 4. The number of amides is 1. The van der Waals surface area contributed by atoms with Gasteiger partial charge in [-0.15, -0.1) is 0 Å². The van der Waals surface area contributed by atoms with E-state index >= 15 is 0 Å². The molecule has 1 saturated heterocycles. The molecule has 1 aliphatic rings. The number of hydrogen-bond donors (Lipinski definition) is 0. The SMILES string of the molecule is COc1ccc(C[C@@H](C)N2C[C@@H](c3ccc(Cl)cc3)OC2=O)c(OC)c1. The first kappa shape index (κ1) is 18.4. The Balaban J connectivity index is 1.71. The summed E-state index contributed by atoms with van der Waals surface area (Å²) in [7, 11) is 3.25. The van der Waals surface area contributed by atoms with Crippen molar-refractivity contribution < 1.29 is 19.0 Å². The quantitative estimate of drug-likeness (QED) is 0.746. The van der Waals surface area contributed by atoms with Gasteiger partial charge in [-0.25, -0.2) is 4.79 Å². The number of halogens is 1. The van der Waals surface area contributed by atoms with Gasteiger partial charge in [0.1, 0.15) is 17.6 Å². The molecule has 2 aromatic carbocycles. The molecule has 6 heteroatoms. The van der Waals surface area contributed by atoms with Gasteiger partial charge in [0.05, 0.1) is 20.8 Å². The van der Waals surface area contributed by atoms with Crippen LogP contribution in [0.4, 0.5) is 4.79 Å². The molecular weight excluding hydrogens is 354 g/mol. The number of ether oxygens (including phenoxy) is 3. The van der Waals surface area contributed by atoms with Crippen molar-refractivity contribution in [2.45, 2.75) is 25.5 Å². The Hall–Kier alpha value is -2.40. The van der Waals surface area contributed by atoms with Crippen LogP contribution in [0, 0.1) is 0 Å². The Bertz CT molecular complexity index is 778. The van der Waals surface area contributed by atoms with Crippen molar-refractivity contribution in [3.63, 3.8) is 0 Å². The van der Waals surface area contributed by atoms with E-state index in [1.54, 1.807) is 31.3 Å². The Kier molecular flexibility index (Phi) is 5.57. The molecule has 2 atom stereocenters. The number of nitrogens with zero attached hydrogens (tertiary/aromatic N) is 1. The highest BCUT2D eigenvalue weighted by Gasteiger charge is 2.35. The summed E-state index contributed by atoms with van der Waals surface area (Å²) in [6, 6.07) is 13.1. The Labute approximate surface area is 158 Å². The van der Waals surface area contributed by atoms with Gasteiger partial charge in [-0.3, -0.25) is 0 Å². The highest BCUT2D eigenvalue weighted by atomic mass is 35.5. The first-order valence-electron chi connectivity index (χ1n) is 8.45. The van der Waals surface area contributed by atoms with Crippen LogP contribution in [0.25, 0.3) is 0 Å². The number of methoxy groups -OCH3 is 2. The molecule has 0 spiro atoms. The molecular formula is C20H22ClNO4. The lowest BCUT2D eigenvalue weighted by molar-refractivity contribution is 0.129. The Morgan fingerprint density at radius 2 is 1.92 bits per heavy atom. The van der Waals surface area contributed by atoms with Gasteiger partial charge in [-0.1, -0.05) is 29.8 Å². The minimum Gasteiger partial charge on any atom is -0.497 e. The molecule has 0 N–H and O–H groups in total. The van der Waals surface area contributed by atoms with Crippen molar-refractivity contribution >= 4 is 17.7 Å². The van der Waals surface area contributed by atoms with Gasteiger partial charge in [0.25, 0.3) is 0 Å². The van der Waals surface area contributed by atoms with Crippen LogP contribution in [0.15, 0.2) is 42.5 Å². The first-order chi connectivity index (χ1) is 12.5. The molecule has 0 saturated carbocycles. The number of carbonyl (C=O) groups is 1. The van der Waals surface area contributed by atoms with Crippen molar-refractivity contribution in [1.29, 1.82) is 0 Å². The molecule has 1 amide bonds. The molecule has 26 heavy (non-hydrogen) atoms. The van der Waals surface area contributed by atoms with Gasteiger partial charge in [-0.2, -0.15) is 0 Å². The molecule has 0 radical (unpaired) electrons. The van der Waals surface area contributed by atoms with Crippen molar-refractivity contribution in [2.24, 2.45) is 0 Å². The van der Waals surface area contributed by atoms with Crippen molar-refractivity contribution in [2.75, 3.05) is 20.8 Å². The number of benzene rings is 2. The summed E-state index contributed by atoms with van der Waals surface area (Å²) < 4.78 is 16.2. The second-order valence-corrected chi connectivity index (χ2v) is 6.74. The third-order valence-corrected chi connectivity index (χ3v) is 4.88. The van der Waals surface area contributed by atoms with Gasteiger partial charge >= 0.3 is 6.09 Å². The zero-order chi connectivity index (χ0) is 18.7. The second-order valence-electron chi connectivity index (χ2n) is 6.31. The lowest BCUT2D eigenvalue weighted by Crippen LogP contribution is -2.35. The lowest BCUT2D eigenvalue weighted by atomic mass is 10.0. The molecule has 3 rings (SSSR count). The van der Waals surface area contributed by atoms with Gasteiger partial charge in [0.2, 0.25) is 0 Å². The fraction of sp³-hybridized carbons (Fsp3) is 0.350. The van der Waals surface area contributed by atoms with Crippen molar-refractivity contribution in [3.8, 4) is 11.5 Å². The minimum atomic E-state index is -0.301. The minimum absolute atomic E-state index is 0.0258. The zero-order valence-electron chi connectivity index (χ0n) is 15.1. The fourth-order valence-corrected chi connectivity index (χ4v) is 3.27. The van der Waals surface area contributed by atoms with Crippen molar-refractivity contribution in [3.05, 3.63) is 58.6 Å². The fourth-order valence-electron chi connectivity index (χ4n) is 3.14. The molecule has 1 fully saturated rings. The summed E-state index contributed by atoms with van der Waals surface area (Å²) in [6.45, 7) is 2.52. The average molecular weight is 376 g/mol. The summed E-state index contributed by atoms with van der Waals surface area (Å²) in [5, 5.41) is 0.662. The van der Waals surface area contributed by atoms with Crippen molar-refractivity contribution in [1.82, 2.24) is 4.90 Å². The number of carbonyl (C=O) groups excluding carboxylic acids is 1. The third-order valence-electron chi connectivity index (χ3n) is 4.62. The number of cyclic esters (lactones) is 1. The molecule has 2 aromatic rings. The first-order valence-corrected chi connectivity index (χ1v) is 8.83. The standard InChI is InChI=1S/C20H22ClNO4/c1-13(10-15-6-9-17(24-2)11-18(15)25-3)22-12-19(26-20(22)23)14-4-7-16(21)8-5-14/h4-9,11,13,19H,10,12H2,1-3H3/t13-,19+/m1/s1. The van der Waals surface area contributed by atoms with Crippen LogP contribution in [-0.2, 0) is 11.2 Å². The van der Waals surface area contributed by atoms with E-state index in [1.807, 2.05) is 37.3 Å². The van der Waals surface area contributed by atoms with Crippen LogP contribution >= 0.6 is 11.6 Å². The van der Waals surface area contributed by atoms with Crippen LogP contribution < -0.4 is 9.47 Å². The Morgan fingerprint density at radius 1 is 1.19 bits per heavy atom. The van der Waals surface area contributed by atoms with E-state index in [0.29, 0.717) is 18.0 Å². The smallest absolute Gasteiger partial charge is 0.410 e. The highest BCUT2D eigenvalue weighted by molar-refractivity contribution is 6.30. The molecule has 0 unspecified atom stereocenters. The van der Waals surface area contributed by atoms with E-state index < -0.39 is 0 Å². The Morgan fingerprint density at radius 3 is 2.58 bits per heavy atom. The molecule has 0 aromatic heterocycles. The van der Waals surface area contributed by atoms with Crippen LogP contribution in [0.5, 0.6) is 11.5 Å². The van der Waals surface area contributed by atoms with E-state index in [9.17, 15) is 4.79 Å². The molecule has 138 valence electrons. The molecule has 1 aliphatic heterocycles. The highest BCUT2D eigenvalue weighted by Crippen LogP contribution is 2.31. The molecule has 0 bridgehead atoms. The summed E-state index contributed by atoms with van der Waals surface area (Å²) >= 11 is 5.93. The van der Waals surface area contributed by atoms with E-state index in [1.165, 1.54) is 0 Å². The van der Waals surface area contributed by atoms with Gasteiger partial charge in [0.15, 0.2) is 0 Å². The van der Waals surface area contributed by atoms with E-state index in [2.05, 4.69) is 0 Å². The zero-order valence-corrected chi connectivity index (χ0v) is 15.8. The largest absolute Gasteiger partial charge is 0.497 e. The molecule has 0 aliphatic carbocycles. The third kappa shape index (κ3) is 3.88. The molecule has 1 heterocycles. The maximum atomic E-state index is 12.3. The molecule has 5 nitrogen and oxygen atoms in total. The van der Waals surface area contributed by atoms with E-state index in [4.69, 9.17) is 25.8 Å².